The van der Waals surface area contributed by atoms with Crippen molar-refractivity contribution in [1.29, 1.82) is 0 Å². The molecule has 0 radical (unpaired) electrons. The molecule has 5 heteroatoms. The molecule has 8 rings (SSSR count). The smallest absolute Gasteiger partial charge is 0.164 e. The van der Waals surface area contributed by atoms with Crippen LogP contribution < -0.4 is 4.90 Å². The van der Waals surface area contributed by atoms with Gasteiger partial charge in [0.2, 0.25) is 0 Å². The molecule has 0 amide bonds. The molecular formula is C49H39N5. The monoisotopic (exact) mass is 697 g/mol. The molecule has 0 atom stereocenters. The molecule has 0 bridgehead atoms. The van der Waals surface area contributed by atoms with Gasteiger partial charge >= 0.3 is 0 Å². The molecule has 1 aliphatic heterocycles. The van der Waals surface area contributed by atoms with Crippen molar-refractivity contribution in [2.24, 2.45) is 0 Å². The van der Waals surface area contributed by atoms with Gasteiger partial charge in [-0.25, -0.2) is 19.9 Å². The van der Waals surface area contributed by atoms with Crippen molar-refractivity contribution >= 4 is 16.8 Å². The Kier molecular flexibility index (Phi) is 9.94. The zero-order valence-corrected chi connectivity index (χ0v) is 30.3. The first-order chi connectivity index (χ1) is 26.6. The molecule has 5 aromatic carbocycles. The number of aromatic nitrogens is 4. The maximum atomic E-state index is 5.23. The largest absolute Gasteiger partial charge is 0.344 e. The molecule has 54 heavy (non-hydrogen) atoms. The molecule has 2 aromatic heterocycles. The molecule has 260 valence electrons. The van der Waals surface area contributed by atoms with Crippen molar-refractivity contribution in [3.8, 4) is 56.4 Å². The highest BCUT2D eigenvalue weighted by atomic mass is 15.1. The van der Waals surface area contributed by atoms with E-state index in [1.807, 2.05) is 68.5 Å². The highest BCUT2D eigenvalue weighted by Gasteiger charge is 2.16. The third-order valence-electron chi connectivity index (χ3n) is 9.41. The summed E-state index contributed by atoms with van der Waals surface area (Å²) < 4.78 is 0. The number of para-hydroxylation sites is 1. The summed E-state index contributed by atoms with van der Waals surface area (Å²) in [4.78, 5) is 22.3. The van der Waals surface area contributed by atoms with Crippen LogP contribution in [0, 0.1) is 0 Å². The van der Waals surface area contributed by atoms with Gasteiger partial charge < -0.3 is 4.90 Å². The Morgan fingerprint density at radius 1 is 0.519 bits per heavy atom. The van der Waals surface area contributed by atoms with Gasteiger partial charge in [0.05, 0.1) is 11.4 Å². The predicted molar refractivity (Wildman–Crippen MR) is 224 cm³/mol. The Morgan fingerprint density at radius 2 is 1.07 bits per heavy atom. The van der Waals surface area contributed by atoms with Crippen LogP contribution in [0.2, 0.25) is 0 Å². The minimum Gasteiger partial charge on any atom is -0.344 e. The maximum Gasteiger partial charge on any atom is 0.164 e. The van der Waals surface area contributed by atoms with E-state index in [1.54, 1.807) is 0 Å². The van der Waals surface area contributed by atoms with Gasteiger partial charge in [-0.2, -0.15) is 0 Å². The normalized spacial score (nSPS) is 13.0. The van der Waals surface area contributed by atoms with Crippen LogP contribution in [0.5, 0.6) is 0 Å². The Morgan fingerprint density at radius 3 is 1.74 bits per heavy atom. The van der Waals surface area contributed by atoms with Crippen LogP contribution >= 0.6 is 0 Å². The Hall–Kier alpha value is -6.98. The number of hydrogen-bond acceptors (Lipinski definition) is 5. The van der Waals surface area contributed by atoms with Gasteiger partial charge in [-0.3, -0.25) is 0 Å². The standard InChI is InChI=1S/C49H39N5/c1-3-17-35(4-2)47-51-48(37-20-10-6-11-21-37)53-49(52-47)41-25-15-23-39(31-41)38-22-14-24-40(30-38)46-33-43(32-45(50-46)36-18-8-5-9-19-36)42-26-16-29-54(34-42)44-27-12-7-13-28-44/h3-28,30-34H,29H2,1-2H3/b17-3-,35-4+. The van der Waals surface area contributed by atoms with Gasteiger partial charge in [-0.05, 0) is 72.5 Å². The van der Waals surface area contributed by atoms with Gasteiger partial charge in [-0.1, -0.05) is 146 Å². The molecular weight excluding hydrogens is 659 g/mol. The van der Waals surface area contributed by atoms with Crippen molar-refractivity contribution < 1.29 is 0 Å². The lowest BCUT2D eigenvalue weighted by molar-refractivity contribution is 1.04. The van der Waals surface area contributed by atoms with E-state index in [-0.39, 0.29) is 0 Å². The Bertz CT molecular complexity index is 2530. The van der Waals surface area contributed by atoms with E-state index in [2.05, 4.69) is 139 Å². The highest BCUT2D eigenvalue weighted by Crippen LogP contribution is 2.34. The van der Waals surface area contributed by atoms with Gasteiger partial charge in [-0.15, -0.1) is 0 Å². The summed E-state index contributed by atoms with van der Waals surface area (Å²) >= 11 is 0. The second kappa shape index (κ2) is 15.7. The fourth-order valence-electron chi connectivity index (χ4n) is 6.65. The first kappa shape index (κ1) is 34.1. The second-order valence-corrected chi connectivity index (χ2v) is 13.0. The first-order valence-electron chi connectivity index (χ1n) is 18.3. The number of benzene rings is 5. The minimum absolute atomic E-state index is 0.626. The van der Waals surface area contributed by atoms with Crippen molar-refractivity contribution in [3.63, 3.8) is 0 Å². The SMILES string of the molecule is C/C=C\C(=C/C)c1nc(-c2ccccc2)nc(-c2cccc(-c3cccc(-c4cc(C5=CN(c6ccccc6)CC=C5)cc(-c5ccccc5)n4)c3)c2)n1. The van der Waals surface area contributed by atoms with E-state index >= 15 is 0 Å². The lowest BCUT2D eigenvalue weighted by atomic mass is 9.96. The predicted octanol–water partition coefficient (Wildman–Crippen LogP) is 12.0. The summed E-state index contributed by atoms with van der Waals surface area (Å²) in [6, 6.07) is 52.4. The van der Waals surface area contributed by atoms with Gasteiger partial charge in [0, 0.05) is 46.3 Å². The average Bonchev–Trinajstić information content (AvgIpc) is 3.26. The Balaban J connectivity index is 1.19. The number of pyridine rings is 1. The molecule has 0 N–H and O–H groups in total. The molecule has 0 unspecified atom stereocenters. The fraction of sp³-hybridized carbons (Fsp3) is 0.0612. The average molecular weight is 698 g/mol. The number of allylic oxidation sites excluding steroid dienone is 6. The third kappa shape index (κ3) is 7.48. The van der Waals surface area contributed by atoms with Crippen LogP contribution in [-0.4, -0.2) is 26.5 Å². The zero-order chi connectivity index (χ0) is 36.7. The number of rotatable bonds is 9. The van der Waals surface area contributed by atoms with E-state index in [4.69, 9.17) is 19.9 Å². The first-order valence-corrected chi connectivity index (χ1v) is 18.3. The number of hydrogen-bond donors (Lipinski definition) is 0. The summed E-state index contributed by atoms with van der Waals surface area (Å²) in [6.07, 6.45) is 12.7. The quantitative estimate of drug-likeness (QED) is 0.141. The van der Waals surface area contributed by atoms with Crippen LogP contribution in [0.1, 0.15) is 25.2 Å². The second-order valence-electron chi connectivity index (χ2n) is 13.0. The Labute approximate surface area is 317 Å². The van der Waals surface area contributed by atoms with Crippen LogP contribution in [0.15, 0.2) is 188 Å². The minimum atomic E-state index is 0.626. The van der Waals surface area contributed by atoms with E-state index in [0.29, 0.717) is 17.5 Å². The van der Waals surface area contributed by atoms with Gasteiger partial charge in [0.1, 0.15) is 0 Å². The lowest BCUT2D eigenvalue weighted by Gasteiger charge is -2.24. The molecule has 7 aromatic rings. The zero-order valence-electron chi connectivity index (χ0n) is 30.3. The lowest BCUT2D eigenvalue weighted by Crippen LogP contribution is -2.18. The van der Waals surface area contributed by atoms with E-state index in [1.165, 1.54) is 0 Å². The molecule has 5 nitrogen and oxygen atoms in total. The van der Waals surface area contributed by atoms with E-state index in [0.717, 1.165) is 73.7 Å². The third-order valence-corrected chi connectivity index (χ3v) is 9.41. The molecule has 3 heterocycles. The molecule has 0 spiro atoms. The topological polar surface area (TPSA) is 54.8 Å². The van der Waals surface area contributed by atoms with Crippen molar-refractivity contribution in [1.82, 2.24) is 19.9 Å². The van der Waals surface area contributed by atoms with Crippen molar-refractivity contribution in [3.05, 3.63) is 200 Å². The molecule has 1 aliphatic rings. The van der Waals surface area contributed by atoms with Crippen LogP contribution in [-0.2, 0) is 0 Å². The summed E-state index contributed by atoms with van der Waals surface area (Å²) in [7, 11) is 0. The van der Waals surface area contributed by atoms with Gasteiger partial charge in [0.25, 0.3) is 0 Å². The van der Waals surface area contributed by atoms with Gasteiger partial charge in [0.15, 0.2) is 17.5 Å². The maximum absolute atomic E-state index is 5.23. The molecule has 0 saturated heterocycles. The van der Waals surface area contributed by atoms with Crippen LogP contribution in [0.4, 0.5) is 5.69 Å². The fourth-order valence-corrected chi connectivity index (χ4v) is 6.65. The van der Waals surface area contributed by atoms with E-state index in [9.17, 15) is 0 Å². The number of nitrogens with zero attached hydrogens (tertiary/aromatic N) is 5. The highest BCUT2D eigenvalue weighted by molar-refractivity contribution is 5.84. The molecule has 0 aliphatic carbocycles. The van der Waals surface area contributed by atoms with Crippen LogP contribution in [0.3, 0.4) is 0 Å². The summed E-state index contributed by atoms with van der Waals surface area (Å²) in [5.41, 5.74) is 12.3. The van der Waals surface area contributed by atoms with Crippen molar-refractivity contribution in [2.45, 2.75) is 13.8 Å². The summed E-state index contributed by atoms with van der Waals surface area (Å²) in [5, 5.41) is 0. The van der Waals surface area contributed by atoms with Crippen LogP contribution in [0.25, 0.3) is 67.6 Å². The molecule has 0 fully saturated rings. The summed E-state index contributed by atoms with van der Waals surface area (Å²) in [6.45, 7) is 4.83. The van der Waals surface area contributed by atoms with E-state index < -0.39 is 0 Å². The van der Waals surface area contributed by atoms with Crippen molar-refractivity contribution in [2.75, 3.05) is 11.4 Å². The number of anilines is 1. The summed E-state index contributed by atoms with van der Waals surface area (Å²) in [5.74, 6) is 1.91. The molecule has 0 saturated carbocycles.